The SMILES string of the molecule is O=C(Cc1ccn(C2CCCCC2)n1)C(F)F. The van der Waals surface area contributed by atoms with Gasteiger partial charge in [0.15, 0.2) is 0 Å². The molecule has 94 valence electrons. The Morgan fingerprint density at radius 1 is 1.41 bits per heavy atom. The third-order valence-corrected chi connectivity index (χ3v) is 3.21. The fraction of sp³-hybridized carbons (Fsp3) is 0.667. The number of carbonyl (C=O) groups is 1. The van der Waals surface area contributed by atoms with Gasteiger partial charge in [-0.1, -0.05) is 19.3 Å². The lowest BCUT2D eigenvalue weighted by atomic mass is 9.96. The number of alkyl halides is 2. The largest absolute Gasteiger partial charge is 0.296 e. The minimum atomic E-state index is -2.89. The van der Waals surface area contributed by atoms with Crippen LogP contribution < -0.4 is 0 Å². The number of rotatable bonds is 4. The summed E-state index contributed by atoms with van der Waals surface area (Å²) in [4.78, 5) is 10.9. The van der Waals surface area contributed by atoms with Gasteiger partial charge in [0.2, 0.25) is 5.78 Å². The van der Waals surface area contributed by atoms with E-state index in [9.17, 15) is 13.6 Å². The second-order valence-corrected chi connectivity index (χ2v) is 4.52. The minimum absolute atomic E-state index is 0.266. The molecular weight excluding hydrogens is 226 g/mol. The predicted octanol–water partition coefficient (Wildman–Crippen LogP) is 2.77. The van der Waals surface area contributed by atoms with Crippen molar-refractivity contribution >= 4 is 5.78 Å². The summed E-state index contributed by atoms with van der Waals surface area (Å²) in [5.41, 5.74) is 0.445. The van der Waals surface area contributed by atoms with Crippen LogP contribution in [0.4, 0.5) is 8.78 Å². The van der Waals surface area contributed by atoms with Gasteiger partial charge in [0.05, 0.1) is 18.2 Å². The highest BCUT2D eigenvalue weighted by molar-refractivity contribution is 5.83. The number of Topliss-reactive ketones (excluding diaryl/α,β-unsaturated/α-hetero) is 1. The molecule has 0 aromatic carbocycles. The Bertz CT molecular complexity index is 384. The molecule has 1 saturated carbocycles. The van der Waals surface area contributed by atoms with Crippen molar-refractivity contribution < 1.29 is 13.6 Å². The van der Waals surface area contributed by atoms with Crippen molar-refractivity contribution in [2.24, 2.45) is 0 Å². The summed E-state index contributed by atoms with van der Waals surface area (Å²) in [5.74, 6) is -1.06. The quantitative estimate of drug-likeness (QED) is 0.813. The van der Waals surface area contributed by atoms with Crippen molar-refractivity contribution in [3.63, 3.8) is 0 Å². The van der Waals surface area contributed by atoms with Crippen LogP contribution in [0.5, 0.6) is 0 Å². The second-order valence-electron chi connectivity index (χ2n) is 4.52. The van der Waals surface area contributed by atoms with Crippen LogP contribution in [-0.4, -0.2) is 22.0 Å². The third-order valence-electron chi connectivity index (χ3n) is 3.21. The molecule has 0 radical (unpaired) electrons. The van der Waals surface area contributed by atoms with E-state index in [0.29, 0.717) is 11.7 Å². The molecule has 0 N–H and O–H groups in total. The molecule has 0 spiro atoms. The molecule has 1 fully saturated rings. The van der Waals surface area contributed by atoms with E-state index in [-0.39, 0.29) is 6.42 Å². The summed E-state index contributed by atoms with van der Waals surface area (Å²) in [5, 5.41) is 4.22. The normalized spacial score (nSPS) is 17.6. The number of hydrogen-bond donors (Lipinski definition) is 0. The molecule has 1 aromatic heterocycles. The summed E-state index contributed by atoms with van der Waals surface area (Å²) in [6, 6.07) is 2.04. The van der Waals surface area contributed by atoms with E-state index in [4.69, 9.17) is 0 Å². The first-order chi connectivity index (χ1) is 8.16. The maximum atomic E-state index is 12.1. The Labute approximate surface area is 98.8 Å². The zero-order chi connectivity index (χ0) is 12.3. The van der Waals surface area contributed by atoms with Crippen LogP contribution in [0.25, 0.3) is 0 Å². The predicted molar refractivity (Wildman–Crippen MR) is 59.1 cm³/mol. The fourth-order valence-electron chi connectivity index (χ4n) is 2.28. The molecule has 0 amide bonds. The molecule has 0 aliphatic heterocycles. The van der Waals surface area contributed by atoms with Crippen molar-refractivity contribution in [1.82, 2.24) is 9.78 Å². The lowest BCUT2D eigenvalue weighted by Crippen LogP contribution is -2.15. The molecule has 3 nitrogen and oxygen atoms in total. The zero-order valence-corrected chi connectivity index (χ0v) is 9.61. The van der Waals surface area contributed by atoms with Gasteiger partial charge < -0.3 is 0 Å². The standard InChI is InChI=1S/C12H16F2N2O/c13-12(14)11(17)8-9-6-7-16(15-9)10-4-2-1-3-5-10/h6-7,10,12H,1-5,8H2. The van der Waals surface area contributed by atoms with Gasteiger partial charge in [-0.15, -0.1) is 0 Å². The van der Waals surface area contributed by atoms with E-state index >= 15 is 0 Å². The van der Waals surface area contributed by atoms with Crippen LogP contribution in [0, 0.1) is 0 Å². The van der Waals surface area contributed by atoms with Crippen LogP contribution >= 0.6 is 0 Å². The molecule has 5 heteroatoms. The zero-order valence-electron chi connectivity index (χ0n) is 9.61. The monoisotopic (exact) mass is 242 g/mol. The molecule has 0 saturated heterocycles. The molecule has 17 heavy (non-hydrogen) atoms. The fourth-order valence-corrected chi connectivity index (χ4v) is 2.28. The number of ketones is 1. The maximum Gasteiger partial charge on any atom is 0.296 e. The summed E-state index contributed by atoms with van der Waals surface area (Å²) in [6.45, 7) is 0. The first-order valence-electron chi connectivity index (χ1n) is 6.01. The second kappa shape index (κ2) is 5.38. The molecule has 0 atom stereocenters. The summed E-state index contributed by atoms with van der Waals surface area (Å²) >= 11 is 0. The van der Waals surface area contributed by atoms with Crippen LogP contribution in [0.15, 0.2) is 12.3 Å². The minimum Gasteiger partial charge on any atom is -0.293 e. The average molecular weight is 242 g/mol. The van der Waals surface area contributed by atoms with E-state index in [2.05, 4.69) is 5.10 Å². The number of hydrogen-bond acceptors (Lipinski definition) is 2. The van der Waals surface area contributed by atoms with Crippen molar-refractivity contribution in [2.45, 2.75) is 51.0 Å². The van der Waals surface area contributed by atoms with E-state index in [0.717, 1.165) is 12.8 Å². The van der Waals surface area contributed by atoms with Gasteiger partial charge in [-0.05, 0) is 18.9 Å². The highest BCUT2D eigenvalue weighted by atomic mass is 19.3. The summed E-state index contributed by atoms with van der Waals surface area (Å²) in [6.07, 6.45) is 4.45. The van der Waals surface area contributed by atoms with Gasteiger partial charge in [0, 0.05) is 6.20 Å². The van der Waals surface area contributed by atoms with E-state index in [1.54, 1.807) is 12.3 Å². The molecule has 1 heterocycles. The summed E-state index contributed by atoms with van der Waals surface area (Å²) in [7, 11) is 0. The van der Waals surface area contributed by atoms with Crippen molar-refractivity contribution in [3.05, 3.63) is 18.0 Å². The lowest BCUT2D eigenvalue weighted by Gasteiger charge is -2.21. The number of halogens is 2. The van der Waals surface area contributed by atoms with Gasteiger partial charge in [-0.2, -0.15) is 5.10 Å². The van der Waals surface area contributed by atoms with Crippen molar-refractivity contribution in [1.29, 1.82) is 0 Å². The van der Waals surface area contributed by atoms with Gasteiger partial charge in [-0.25, -0.2) is 8.78 Å². The van der Waals surface area contributed by atoms with Gasteiger partial charge in [0.25, 0.3) is 6.43 Å². The van der Waals surface area contributed by atoms with Crippen LogP contribution in [0.2, 0.25) is 0 Å². The molecule has 1 aliphatic rings. The maximum absolute atomic E-state index is 12.1. The molecule has 1 aromatic rings. The average Bonchev–Trinajstić information content (AvgIpc) is 2.78. The Morgan fingerprint density at radius 3 is 2.76 bits per heavy atom. The molecule has 1 aliphatic carbocycles. The van der Waals surface area contributed by atoms with Crippen molar-refractivity contribution in [2.75, 3.05) is 0 Å². The Balaban J connectivity index is 1.97. The van der Waals surface area contributed by atoms with Gasteiger partial charge in [-0.3, -0.25) is 9.48 Å². The van der Waals surface area contributed by atoms with E-state index < -0.39 is 12.2 Å². The molecule has 2 rings (SSSR count). The van der Waals surface area contributed by atoms with E-state index in [1.807, 2.05) is 4.68 Å². The Kier molecular flexibility index (Phi) is 3.86. The smallest absolute Gasteiger partial charge is 0.293 e. The summed E-state index contributed by atoms with van der Waals surface area (Å²) < 4.78 is 26.0. The van der Waals surface area contributed by atoms with Crippen LogP contribution in [0.3, 0.4) is 0 Å². The first kappa shape index (κ1) is 12.2. The topological polar surface area (TPSA) is 34.9 Å². The van der Waals surface area contributed by atoms with Crippen LogP contribution in [-0.2, 0) is 11.2 Å². The van der Waals surface area contributed by atoms with Crippen molar-refractivity contribution in [3.8, 4) is 0 Å². The Morgan fingerprint density at radius 2 is 2.12 bits per heavy atom. The number of nitrogens with zero attached hydrogens (tertiary/aromatic N) is 2. The van der Waals surface area contributed by atoms with Gasteiger partial charge >= 0.3 is 0 Å². The third kappa shape index (κ3) is 3.11. The first-order valence-corrected chi connectivity index (χ1v) is 6.01. The molecular formula is C12H16F2N2O. The molecule has 0 bridgehead atoms. The Hall–Kier alpha value is -1.26. The molecule has 0 unspecified atom stereocenters. The number of aromatic nitrogens is 2. The van der Waals surface area contributed by atoms with Gasteiger partial charge in [0.1, 0.15) is 0 Å². The van der Waals surface area contributed by atoms with Crippen LogP contribution in [0.1, 0.15) is 43.8 Å². The highest BCUT2D eigenvalue weighted by Gasteiger charge is 2.19. The highest BCUT2D eigenvalue weighted by Crippen LogP contribution is 2.27. The lowest BCUT2D eigenvalue weighted by molar-refractivity contribution is -0.128. The number of carbonyl (C=O) groups excluding carboxylic acids is 1. The van der Waals surface area contributed by atoms with E-state index in [1.165, 1.54) is 19.3 Å².